The Morgan fingerprint density at radius 1 is 0.943 bits per heavy atom. The van der Waals surface area contributed by atoms with Crippen LogP contribution in [0.25, 0.3) is 0 Å². The second-order valence-electron chi connectivity index (χ2n) is 8.78. The summed E-state index contributed by atoms with van der Waals surface area (Å²) in [6.45, 7) is 0. The third-order valence-electron chi connectivity index (χ3n) is 7.00. The molecule has 3 aliphatic rings. The summed E-state index contributed by atoms with van der Waals surface area (Å²) in [5.41, 5.74) is 2.69. The molecule has 3 aromatic rings. The first-order chi connectivity index (χ1) is 17.0. The highest BCUT2D eigenvalue weighted by Crippen LogP contribution is 2.53. The number of halogens is 1. The number of hydrogen-bond donors (Lipinski definition) is 0. The lowest BCUT2D eigenvalue weighted by molar-refractivity contribution is -0.124. The number of fused-ring (bicyclic) bond motifs is 5. The summed E-state index contributed by atoms with van der Waals surface area (Å²) in [4.78, 5) is 42.8. The molecule has 174 valence electrons. The summed E-state index contributed by atoms with van der Waals surface area (Å²) in [5.74, 6) is -1.91. The van der Waals surface area contributed by atoms with E-state index in [2.05, 4.69) is 21.0 Å². The van der Waals surface area contributed by atoms with Crippen LogP contribution in [0.4, 0.5) is 5.69 Å². The topological polar surface area (TPSA) is 79.3 Å². The van der Waals surface area contributed by atoms with E-state index >= 15 is 0 Å². The number of carbonyl (C=O) groups is 3. The zero-order valence-corrected chi connectivity index (χ0v) is 20.3. The summed E-state index contributed by atoms with van der Waals surface area (Å²) in [7, 11) is 1.56. The summed E-state index contributed by atoms with van der Waals surface area (Å²) >= 11 is 3.42. The van der Waals surface area contributed by atoms with Crippen LogP contribution < -0.4 is 9.64 Å². The maximum absolute atomic E-state index is 13.9. The molecule has 7 nitrogen and oxygen atoms in total. The number of ether oxygens (including phenoxy) is 1. The summed E-state index contributed by atoms with van der Waals surface area (Å²) < 4.78 is 5.98. The molecule has 35 heavy (non-hydrogen) atoms. The van der Waals surface area contributed by atoms with E-state index in [0.29, 0.717) is 17.0 Å². The molecule has 0 N–H and O–H groups in total. The van der Waals surface area contributed by atoms with Crippen molar-refractivity contribution >= 4 is 45.4 Å². The summed E-state index contributed by atoms with van der Waals surface area (Å²) in [5, 5.41) is 6.26. The van der Waals surface area contributed by atoms with Crippen molar-refractivity contribution in [3.05, 3.63) is 94.0 Å². The largest absolute Gasteiger partial charge is 0.497 e. The second kappa shape index (κ2) is 8.16. The molecule has 3 aromatic carbocycles. The Bertz CT molecular complexity index is 1400. The number of benzene rings is 3. The molecular weight excluding hydrogens is 510 g/mol. The molecule has 0 aliphatic carbocycles. The van der Waals surface area contributed by atoms with Crippen molar-refractivity contribution < 1.29 is 19.1 Å². The number of rotatable bonds is 4. The molecule has 3 heterocycles. The first-order valence-corrected chi connectivity index (χ1v) is 12.0. The maximum Gasteiger partial charge on any atom is 0.240 e. The Hall–Kier alpha value is -3.78. The second-order valence-corrected chi connectivity index (χ2v) is 9.69. The highest BCUT2D eigenvalue weighted by molar-refractivity contribution is 9.10. The van der Waals surface area contributed by atoms with Crippen LogP contribution in [-0.4, -0.2) is 42.0 Å². The minimum Gasteiger partial charge on any atom is -0.497 e. The summed E-state index contributed by atoms with van der Waals surface area (Å²) in [6, 6.07) is 20.1. The van der Waals surface area contributed by atoms with Gasteiger partial charge >= 0.3 is 0 Å². The first-order valence-electron chi connectivity index (χ1n) is 11.2. The van der Waals surface area contributed by atoms with E-state index in [1.54, 1.807) is 60.8 Å². The van der Waals surface area contributed by atoms with Crippen molar-refractivity contribution in [1.29, 1.82) is 0 Å². The zero-order valence-electron chi connectivity index (χ0n) is 18.7. The van der Waals surface area contributed by atoms with Gasteiger partial charge in [-0.1, -0.05) is 46.3 Å². The zero-order chi connectivity index (χ0) is 24.3. The minimum absolute atomic E-state index is 0.251. The van der Waals surface area contributed by atoms with E-state index in [1.165, 1.54) is 4.90 Å². The normalized spacial score (nSPS) is 24.3. The van der Waals surface area contributed by atoms with Gasteiger partial charge in [0.15, 0.2) is 5.78 Å². The van der Waals surface area contributed by atoms with Crippen LogP contribution in [0.15, 0.2) is 82.4 Å². The highest BCUT2D eigenvalue weighted by atomic mass is 79.9. The number of nitrogens with zero attached hydrogens (tertiary/aromatic N) is 3. The molecular formula is C27H20BrN3O4. The van der Waals surface area contributed by atoms with E-state index in [4.69, 9.17) is 4.74 Å². The molecule has 2 amide bonds. The number of imide groups is 1. The third kappa shape index (κ3) is 3.24. The average Bonchev–Trinajstić information content (AvgIpc) is 3.36. The Morgan fingerprint density at radius 3 is 2.43 bits per heavy atom. The molecule has 0 radical (unpaired) electrons. The van der Waals surface area contributed by atoms with Crippen molar-refractivity contribution in [1.82, 2.24) is 5.01 Å². The van der Waals surface area contributed by atoms with Crippen LogP contribution in [0.2, 0.25) is 0 Å². The lowest BCUT2D eigenvalue weighted by Crippen LogP contribution is -2.44. The molecule has 0 spiro atoms. The fourth-order valence-electron chi connectivity index (χ4n) is 5.46. The third-order valence-corrected chi connectivity index (χ3v) is 7.50. The summed E-state index contributed by atoms with van der Waals surface area (Å²) in [6.07, 6.45) is 1.70. The van der Waals surface area contributed by atoms with Crippen LogP contribution in [0.5, 0.6) is 5.75 Å². The van der Waals surface area contributed by atoms with Gasteiger partial charge in [-0.25, -0.2) is 4.90 Å². The van der Waals surface area contributed by atoms with Crippen molar-refractivity contribution in [2.45, 2.75) is 12.1 Å². The quantitative estimate of drug-likeness (QED) is 0.373. The standard InChI is InChI=1S/C27H20BrN3O4/c1-35-19-11-9-15(10-12-19)25(32)24-22-21(23-20-8-3-2-5-16(20)14-29-31(23)24)26(33)30(27(22)34)18-7-4-6-17(28)13-18/h2-14,21-24H,1H3/t21-,22+,23?,24-/m1/s1. The van der Waals surface area contributed by atoms with E-state index in [1.807, 2.05) is 30.3 Å². The van der Waals surface area contributed by atoms with Gasteiger partial charge in [0, 0.05) is 10.0 Å². The van der Waals surface area contributed by atoms with Crippen molar-refractivity contribution in [3.63, 3.8) is 0 Å². The lowest BCUT2D eigenvalue weighted by atomic mass is 9.83. The van der Waals surface area contributed by atoms with Gasteiger partial charge in [-0.15, -0.1) is 0 Å². The minimum atomic E-state index is -0.906. The smallest absolute Gasteiger partial charge is 0.240 e. The Labute approximate surface area is 210 Å². The predicted molar refractivity (Wildman–Crippen MR) is 133 cm³/mol. The Balaban J connectivity index is 1.48. The number of ketones is 1. The van der Waals surface area contributed by atoms with Crippen LogP contribution in [0.1, 0.15) is 27.5 Å². The fourth-order valence-corrected chi connectivity index (χ4v) is 5.85. The van der Waals surface area contributed by atoms with Crippen LogP contribution >= 0.6 is 15.9 Å². The Morgan fingerprint density at radius 2 is 1.69 bits per heavy atom. The first kappa shape index (κ1) is 21.7. The van der Waals surface area contributed by atoms with E-state index in [-0.39, 0.29) is 17.6 Å². The Kier molecular flexibility index (Phi) is 5.07. The molecule has 3 aliphatic heterocycles. The molecule has 8 heteroatoms. The highest BCUT2D eigenvalue weighted by Gasteiger charge is 2.65. The number of methoxy groups -OCH3 is 1. The van der Waals surface area contributed by atoms with Gasteiger partial charge in [-0.3, -0.25) is 19.4 Å². The van der Waals surface area contributed by atoms with Gasteiger partial charge in [0.25, 0.3) is 0 Å². The van der Waals surface area contributed by atoms with Crippen molar-refractivity contribution in [2.24, 2.45) is 16.9 Å². The SMILES string of the molecule is COc1ccc(C(=O)[C@H]2[C@H]3C(=O)N(c4cccc(Br)c4)C(=O)[C@H]3C3c4ccccc4C=NN32)cc1. The number of carbonyl (C=O) groups excluding carboxylic acids is 3. The molecule has 2 fully saturated rings. The van der Waals surface area contributed by atoms with E-state index < -0.39 is 23.9 Å². The van der Waals surface area contributed by atoms with Gasteiger partial charge in [-0.2, -0.15) is 5.10 Å². The van der Waals surface area contributed by atoms with Crippen molar-refractivity contribution in [3.8, 4) is 5.75 Å². The van der Waals surface area contributed by atoms with Crippen LogP contribution in [0, 0.1) is 11.8 Å². The molecule has 6 rings (SSSR count). The van der Waals surface area contributed by atoms with Crippen LogP contribution in [0.3, 0.4) is 0 Å². The maximum atomic E-state index is 13.9. The van der Waals surface area contributed by atoms with Crippen LogP contribution in [-0.2, 0) is 9.59 Å². The van der Waals surface area contributed by atoms with Gasteiger partial charge in [0.2, 0.25) is 11.8 Å². The van der Waals surface area contributed by atoms with Crippen molar-refractivity contribution in [2.75, 3.05) is 12.0 Å². The number of Topliss-reactive ketones (excluding diaryl/α,β-unsaturated/α-hetero) is 1. The predicted octanol–water partition coefficient (Wildman–Crippen LogP) is 4.22. The van der Waals surface area contributed by atoms with Gasteiger partial charge in [-0.05, 0) is 53.6 Å². The lowest BCUT2D eigenvalue weighted by Gasteiger charge is -2.33. The van der Waals surface area contributed by atoms with E-state index in [9.17, 15) is 14.4 Å². The fraction of sp³-hybridized carbons (Fsp3) is 0.185. The monoisotopic (exact) mass is 529 g/mol. The molecule has 0 bridgehead atoms. The van der Waals surface area contributed by atoms with Gasteiger partial charge < -0.3 is 4.74 Å². The number of anilines is 1. The number of hydrogen-bond acceptors (Lipinski definition) is 6. The molecule has 0 saturated carbocycles. The van der Waals surface area contributed by atoms with E-state index in [0.717, 1.165) is 15.6 Å². The molecule has 0 aromatic heterocycles. The molecule has 1 unspecified atom stereocenters. The van der Waals surface area contributed by atoms with Gasteiger partial charge in [0.05, 0.1) is 36.9 Å². The molecule has 4 atom stereocenters. The number of hydrazone groups is 1. The molecule has 2 saturated heterocycles. The number of amides is 2. The average molecular weight is 530 g/mol. The van der Waals surface area contributed by atoms with Gasteiger partial charge in [0.1, 0.15) is 11.8 Å².